The Kier molecular flexibility index (Phi) is 5.32. The summed E-state index contributed by atoms with van der Waals surface area (Å²) in [6.07, 6.45) is 0.287. The Morgan fingerprint density at radius 3 is 2.60 bits per heavy atom. The fourth-order valence-corrected chi connectivity index (χ4v) is 2.27. The third-order valence-electron chi connectivity index (χ3n) is 2.62. The first-order valence-corrected chi connectivity index (χ1v) is 7.15. The summed E-state index contributed by atoms with van der Waals surface area (Å²) >= 11 is 1.54. The van der Waals surface area contributed by atoms with Gasteiger partial charge in [-0.05, 0) is 28.0 Å². The Bertz CT molecular complexity index is 552. The number of carbonyl (C=O) groups is 2. The smallest absolute Gasteiger partial charge is 0.325 e. The van der Waals surface area contributed by atoms with Crippen LogP contribution in [-0.2, 0) is 27.4 Å². The average Bonchev–Trinajstić information content (AvgIpc) is 2.97. The molecule has 0 bridgehead atoms. The molecular weight excluding hydrogens is 274 g/mol. The number of thiophene rings is 1. The van der Waals surface area contributed by atoms with Gasteiger partial charge in [0, 0.05) is 0 Å². The predicted molar refractivity (Wildman–Crippen MR) is 77.3 cm³/mol. The molecule has 1 aromatic heterocycles. The first kappa shape index (κ1) is 14.3. The summed E-state index contributed by atoms with van der Waals surface area (Å²) in [5.74, 6) is -0.618. The molecule has 0 fully saturated rings. The molecule has 0 aliphatic heterocycles. The molecule has 1 aromatic carbocycles. The van der Waals surface area contributed by atoms with Crippen LogP contribution in [0.2, 0.25) is 0 Å². The van der Waals surface area contributed by atoms with Gasteiger partial charge in [0.25, 0.3) is 0 Å². The van der Waals surface area contributed by atoms with Crippen molar-refractivity contribution in [1.82, 2.24) is 5.32 Å². The molecule has 20 heavy (non-hydrogen) atoms. The summed E-state index contributed by atoms with van der Waals surface area (Å²) in [7, 11) is 0. The number of rotatable bonds is 6. The maximum atomic E-state index is 11.6. The Morgan fingerprint density at radius 2 is 1.90 bits per heavy atom. The highest BCUT2D eigenvalue weighted by atomic mass is 32.1. The Hall–Kier alpha value is -2.14. The van der Waals surface area contributed by atoms with Gasteiger partial charge >= 0.3 is 5.97 Å². The zero-order valence-corrected chi connectivity index (χ0v) is 11.7. The molecule has 0 aliphatic carbocycles. The first-order valence-electron chi connectivity index (χ1n) is 6.21. The summed E-state index contributed by atoms with van der Waals surface area (Å²) in [5.41, 5.74) is 1.87. The normalized spacial score (nSPS) is 10.0. The number of hydrogen-bond acceptors (Lipinski definition) is 4. The molecule has 2 rings (SSSR count). The van der Waals surface area contributed by atoms with Crippen molar-refractivity contribution in [3.63, 3.8) is 0 Å². The van der Waals surface area contributed by atoms with Crippen molar-refractivity contribution < 1.29 is 14.3 Å². The molecule has 0 spiro atoms. The number of benzene rings is 1. The van der Waals surface area contributed by atoms with Gasteiger partial charge in [-0.25, -0.2) is 0 Å². The molecule has 0 aliphatic rings. The monoisotopic (exact) mass is 289 g/mol. The maximum absolute atomic E-state index is 11.6. The van der Waals surface area contributed by atoms with E-state index in [9.17, 15) is 9.59 Å². The Labute approximate surface area is 121 Å². The molecule has 0 saturated heterocycles. The number of hydrogen-bond donors (Lipinski definition) is 1. The van der Waals surface area contributed by atoms with Gasteiger partial charge in [-0.1, -0.05) is 30.3 Å². The number of ether oxygens (including phenoxy) is 1. The number of esters is 1. The highest BCUT2D eigenvalue weighted by Gasteiger charge is 2.07. The minimum atomic E-state index is -0.437. The van der Waals surface area contributed by atoms with E-state index in [1.807, 2.05) is 47.2 Å². The molecule has 0 unspecified atom stereocenters. The van der Waals surface area contributed by atoms with Crippen molar-refractivity contribution in [3.05, 3.63) is 58.3 Å². The van der Waals surface area contributed by atoms with Gasteiger partial charge < -0.3 is 10.1 Å². The molecule has 4 nitrogen and oxygen atoms in total. The fourth-order valence-electron chi connectivity index (χ4n) is 1.60. The summed E-state index contributed by atoms with van der Waals surface area (Å²) in [4.78, 5) is 23.1. The van der Waals surface area contributed by atoms with E-state index in [4.69, 9.17) is 4.74 Å². The Morgan fingerprint density at radius 1 is 1.10 bits per heavy atom. The van der Waals surface area contributed by atoms with Crippen LogP contribution in [0.5, 0.6) is 0 Å². The van der Waals surface area contributed by atoms with Crippen molar-refractivity contribution in [2.24, 2.45) is 0 Å². The molecule has 0 atom stereocenters. The van der Waals surface area contributed by atoms with E-state index in [2.05, 4.69) is 5.32 Å². The number of amides is 1. The number of carbonyl (C=O) groups excluding carboxylic acids is 2. The van der Waals surface area contributed by atoms with Crippen LogP contribution in [0.25, 0.3) is 0 Å². The fraction of sp³-hybridized carbons (Fsp3) is 0.200. The van der Waals surface area contributed by atoms with Crippen LogP contribution in [-0.4, -0.2) is 18.4 Å². The van der Waals surface area contributed by atoms with Gasteiger partial charge in [-0.2, -0.15) is 11.3 Å². The van der Waals surface area contributed by atoms with Gasteiger partial charge in [-0.15, -0.1) is 0 Å². The van der Waals surface area contributed by atoms with E-state index >= 15 is 0 Å². The summed E-state index contributed by atoms with van der Waals surface area (Å²) in [6, 6.07) is 11.3. The van der Waals surface area contributed by atoms with E-state index in [0.29, 0.717) is 0 Å². The largest absolute Gasteiger partial charge is 0.460 e. The highest BCUT2D eigenvalue weighted by Crippen LogP contribution is 2.06. The molecule has 1 amide bonds. The molecule has 1 N–H and O–H groups in total. The maximum Gasteiger partial charge on any atom is 0.325 e. The zero-order chi connectivity index (χ0) is 14.2. The van der Waals surface area contributed by atoms with E-state index in [-0.39, 0.29) is 25.5 Å². The lowest BCUT2D eigenvalue weighted by Gasteiger charge is -2.06. The molecular formula is C15H15NO3S. The van der Waals surface area contributed by atoms with Crippen molar-refractivity contribution in [2.75, 3.05) is 6.54 Å². The lowest BCUT2D eigenvalue weighted by atomic mass is 10.2. The molecule has 2 aromatic rings. The van der Waals surface area contributed by atoms with E-state index < -0.39 is 5.97 Å². The summed E-state index contributed by atoms with van der Waals surface area (Å²) in [6.45, 7) is 0.121. The lowest BCUT2D eigenvalue weighted by molar-refractivity contribution is -0.145. The molecule has 104 valence electrons. The lowest BCUT2D eigenvalue weighted by Crippen LogP contribution is -2.31. The van der Waals surface area contributed by atoms with Gasteiger partial charge in [0.15, 0.2) is 0 Å². The van der Waals surface area contributed by atoms with Crippen molar-refractivity contribution >= 4 is 23.2 Å². The van der Waals surface area contributed by atoms with E-state index in [1.165, 1.54) is 0 Å². The van der Waals surface area contributed by atoms with Crippen LogP contribution in [0.15, 0.2) is 47.2 Å². The zero-order valence-electron chi connectivity index (χ0n) is 10.9. The van der Waals surface area contributed by atoms with Crippen LogP contribution in [0.1, 0.15) is 11.1 Å². The predicted octanol–water partition coefficient (Wildman–Crippen LogP) is 2.15. The van der Waals surface area contributed by atoms with Gasteiger partial charge in [0.05, 0.1) is 6.42 Å². The van der Waals surface area contributed by atoms with Crippen LogP contribution in [0.3, 0.4) is 0 Å². The van der Waals surface area contributed by atoms with Crippen molar-refractivity contribution in [1.29, 1.82) is 0 Å². The van der Waals surface area contributed by atoms with Gasteiger partial charge in [0.1, 0.15) is 13.2 Å². The summed E-state index contributed by atoms with van der Waals surface area (Å²) < 4.78 is 5.06. The second-order valence-corrected chi connectivity index (χ2v) is 5.01. The van der Waals surface area contributed by atoms with Crippen LogP contribution < -0.4 is 5.32 Å². The molecule has 0 saturated carbocycles. The van der Waals surface area contributed by atoms with Gasteiger partial charge in [0.2, 0.25) is 5.91 Å². The van der Waals surface area contributed by atoms with Crippen LogP contribution >= 0.6 is 11.3 Å². The van der Waals surface area contributed by atoms with Crippen molar-refractivity contribution in [3.8, 4) is 0 Å². The average molecular weight is 289 g/mol. The topological polar surface area (TPSA) is 55.4 Å². The van der Waals surface area contributed by atoms with Gasteiger partial charge in [-0.3, -0.25) is 9.59 Å². The quantitative estimate of drug-likeness (QED) is 0.829. The first-order chi connectivity index (χ1) is 9.74. The SMILES string of the molecule is O=C(Cc1ccsc1)NCC(=O)OCc1ccccc1. The second-order valence-electron chi connectivity index (χ2n) is 4.23. The molecule has 0 radical (unpaired) electrons. The van der Waals surface area contributed by atoms with E-state index in [1.54, 1.807) is 11.3 Å². The van der Waals surface area contributed by atoms with Crippen molar-refractivity contribution in [2.45, 2.75) is 13.0 Å². The second kappa shape index (κ2) is 7.45. The minimum Gasteiger partial charge on any atom is -0.460 e. The number of nitrogens with one attached hydrogen (secondary N) is 1. The van der Waals surface area contributed by atoms with Crippen LogP contribution in [0.4, 0.5) is 0 Å². The highest BCUT2D eigenvalue weighted by molar-refractivity contribution is 7.07. The van der Waals surface area contributed by atoms with Crippen LogP contribution in [0, 0.1) is 0 Å². The Balaban J connectivity index is 1.66. The molecule has 5 heteroatoms. The van der Waals surface area contributed by atoms with E-state index in [0.717, 1.165) is 11.1 Å². The third-order valence-corrected chi connectivity index (χ3v) is 3.35. The third kappa shape index (κ3) is 4.85. The molecule has 1 heterocycles. The summed E-state index contributed by atoms with van der Waals surface area (Å²) in [5, 5.41) is 6.37. The standard InChI is InChI=1S/C15H15NO3S/c17-14(8-13-6-7-20-11-13)16-9-15(18)19-10-12-4-2-1-3-5-12/h1-7,11H,8-10H2,(H,16,17). The minimum absolute atomic E-state index is 0.101.